The van der Waals surface area contributed by atoms with Gasteiger partial charge >= 0.3 is 0 Å². The second kappa shape index (κ2) is 30.5. The maximum atomic E-state index is 6.17. The lowest BCUT2D eigenvalue weighted by atomic mass is 10.0. The normalized spacial score (nSPS) is 11.2. The minimum absolute atomic E-state index is 0.954. The van der Waals surface area contributed by atoms with E-state index in [0.29, 0.717) is 0 Å². The second-order valence-electron chi connectivity index (χ2n) is 27.6. The molecule has 0 aliphatic rings. The Kier molecular flexibility index (Phi) is 19.5. The van der Waals surface area contributed by atoms with Gasteiger partial charge in [0.15, 0.2) is 0 Å². The predicted molar refractivity (Wildman–Crippen MR) is 475 cm³/mol. The van der Waals surface area contributed by atoms with Crippen molar-refractivity contribution in [1.82, 2.24) is 0 Å². The van der Waals surface area contributed by atoms with Gasteiger partial charge in [-0.2, -0.15) is 0 Å². The van der Waals surface area contributed by atoms with Crippen molar-refractivity contribution in [2.24, 2.45) is 0 Å². The molecule has 0 saturated heterocycles. The predicted octanol–water partition coefficient (Wildman–Crippen LogP) is 31.9. The van der Waals surface area contributed by atoms with Gasteiger partial charge in [0, 0.05) is 108 Å². The minimum atomic E-state index is 0.954. The first-order valence-corrected chi connectivity index (χ1v) is 39.9. The van der Waals surface area contributed by atoms with Gasteiger partial charge in [0.2, 0.25) is 0 Å². The van der Waals surface area contributed by atoms with Crippen LogP contribution < -0.4 is 0 Å². The fraction of sp³-hybridized carbons (Fsp3) is 0.0588. The van der Waals surface area contributed by atoms with Gasteiger partial charge in [0.25, 0.3) is 0 Å². The number of hydrogen-bond acceptors (Lipinski definition) is 6. The average Bonchev–Trinajstić information content (AvgIpc) is 1.60. The van der Waals surface area contributed by atoms with E-state index in [1.165, 1.54) is 175 Å². The number of furan rings is 2. The maximum absolute atomic E-state index is 6.17. The standard InChI is InChI=1S/2C19H14O.2C19H14S.2C13H10S/c1-13-7-5-11-16-17-12-6-10-15(19(17)20-18(13)16)14-8-3-2-4-9-14;1-13-6-5-9-17-16-11-10-15(12-18(16)20-19(13)17)14-7-3-2-4-8-14;1-13-7-5-11-16-17-12-6-10-15(19(17)20-18(13)16)14-8-3-2-4-9-14;1-13-6-5-9-17-16-11-10-15(12-18(16)20-19(13)17)14-7-3-2-4-8-14;1-9-5-4-7-11-10-6-2-3-8-12(10)14-13(9)11;1-9-6-7-11-10-4-2-3-5-12(10)14-13(11)8-9/h4*2-12H,1H3;2*2-8H,1H3. The van der Waals surface area contributed by atoms with Crippen LogP contribution >= 0.6 is 45.3 Å². The summed E-state index contributed by atoms with van der Waals surface area (Å²) in [5.41, 5.74) is 21.7. The molecule has 0 bridgehead atoms. The van der Waals surface area contributed by atoms with Crippen molar-refractivity contribution < 1.29 is 8.83 Å². The fourth-order valence-electron chi connectivity index (χ4n) is 14.8. The third-order valence-corrected chi connectivity index (χ3v) is 25.5. The molecule has 0 unspecified atom stereocenters. The molecule has 16 aromatic carbocycles. The van der Waals surface area contributed by atoms with Crippen molar-refractivity contribution in [3.63, 3.8) is 0 Å². The van der Waals surface area contributed by atoms with Crippen LogP contribution in [0.25, 0.3) is 169 Å². The van der Waals surface area contributed by atoms with Crippen molar-refractivity contribution in [3.05, 3.63) is 385 Å². The summed E-state index contributed by atoms with van der Waals surface area (Å²) in [6.45, 7) is 12.9. The lowest BCUT2D eigenvalue weighted by Crippen LogP contribution is -1.77. The quantitative estimate of drug-likeness (QED) is 0.176. The summed E-state index contributed by atoms with van der Waals surface area (Å²) >= 11 is 7.57. The summed E-state index contributed by atoms with van der Waals surface area (Å²) in [5, 5.41) is 15.8. The Labute approximate surface area is 644 Å². The molecule has 6 aromatic heterocycles. The Morgan fingerprint density at radius 2 is 0.537 bits per heavy atom. The Balaban J connectivity index is 0.0000000955. The lowest BCUT2D eigenvalue weighted by molar-refractivity contribution is 0.666. The molecule has 0 saturated carbocycles. The van der Waals surface area contributed by atoms with Crippen LogP contribution in [0.15, 0.2) is 361 Å². The molecule has 108 heavy (non-hydrogen) atoms. The summed E-state index contributed by atoms with van der Waals surface area (Å²) in [4.78, 5) is 0. The highest BCUT2D eigenvalue weighted by atomic mass is 32.1. The van der Waals surface area contributed by atoms with E-state index >= 15 is 0 Å². The highest BCUT2D eigenvalue weighted by Gasteiger charge is 2.16. The third-order valence-electron chi connectivity index (χ3n) is 20.4. The molecule has 0 atom stereocenters. The molecule has 0 aliphatic carbocycles. The molecule has 0 amide bonds. The number of aryl methyl sites for hydroxylation is 6. The van der Waals surface area contributed by atoms with E-state index in [0.717, 1.165) is 27.9 Å². The largest absolute Gasteiger partial charge is 0.456 e. The first-order valence-electron chi connectivity index (χ1n) is 36.7. The Morgan fingerprint density at radius 3 is 1.11 bits per heavy atom. The molecular weight excluding hydrogens is 1390 g/mol. The molecule has 0 N–H and O–H groups in total. The number of hydrogen-bond donors (Lipinski definition) is 0. The smallest absolute Gasteiger partial charge is 0.143 e. The third kappa shape index (κ3) is 13.8. The van der Waals surface area contributed by atoms with Crippen LogP contribution in [0, 0.1) is 41.5 Å². The monoisotopic (exact) mass is 1460 g/mol. The van der Waals surface area contributed by atoms with Gasteiger partial charge in [0.05, 0.1) is 0 Å². The molecular formula is C102H76O2S4. The number of rotatable bonds is 4. The van der Waals surface area contributed by atoms with Gasteiger partial charge in [-0.15, -0.1) is 45.3 Å². The molecule has 22 aromatic rings. The molecule has 0 radical (unpaired) electrons. The van der Waals surface area contributed by atoms with Gasteiger partial charge in [-0.1, -0.05) is 315 Å². The summed E-state index contributed by atoms with van der Waals surface area (Å²) in [7, 11) is 0. The molecule has 6 heteroatoms. The lowest BCUT2D eigenvalue weighted by Gasteiger charge is -2.02. The Hall–Kier alpha value is -12.0. The molecule has 520 valence electrons. The molecule has 0 spiro atoms. The van der Waals surface area contributed by atoms with E-state index in [2.05, 4.69) is 381 Å². The van der Waals surface area contributed by atoms with Crippen LogP contribution in [0.1, 0.15) is 33.4 Å². The van der Waals surface area contributed by atoms with E-state index in [9.17, 15) is 0 Å². The number of thiophene rings is 4. The second-order valence-corrected chi connectivity index (χ2v) is 31.8. The maximum Gasteiger partial charge on any atom is 0.143 e. The highest BCUT2D eigenvalue weighted by Crippen LogP contribution is 2.44. The zero-order chi connectivity index (χ0) is 73.2. The SMILES string of the molecule is Cc1ccc2c(c1)sc1ccccc12.Cc1cccc2c1oc1c(-c3ccccc3)cccc12.Cc1cccc2c1oc1cc(-c3ccccc3)ccc12.Cc1cccc2c1sc1c(-c3ccccc3)cccc12.Cc1cccc2c1sc1cc(-c3ccccc3)ccc12.Cc1cccc2c1sc1ccccc12. The number of para-hydroxylation sites is 3. The molecule has 0 fully saturated rings. The van der Waals surface area contributed by atoms with Crippen LogP contribution in [-0.2, 0) is 0 Å². The first-order chi connectivity index (χ1) is 53.0. The van der Waals surface area contributed by atoms with E-state index < -0.39 is 0 Å². The van der Waals surface area contributed by atoms with E-state index in [4.69, 9.17) is 8.83 Å². The van der Waals surface area contributed by atoms with Crippen LogP contribution in [0.4, 0.5) is 0 Å². The zero-order valence-corrected chi connectivity index (χ0v) is 64.2. The van der Waals surface area contributed by atoms with Gasteiger partial charge in [-0.3, -0.25) is 0 Å². The topological polar surface area (TPSA) is 26.3 Å². The van der Waals surface area contributed by atoms with Gasteiger partial charge < -0.3 is 8.83 Å². The average molecular weight is 1460 g/mol. The van der Waals surface area contributed by atoms with E-state index in [1.54, 1.807) is 0 Å². The number of benzene rings is 16. The Bertz CT molecular complexity index is 6680. The molecule has 2 nitrogen and oxygen atoms in total. The first kappa shape index (κ1) is 69.1. The van der Waals surface area contributed by atoms with Gasteiger partial charge in [-0.25, -0.2) is 0 Å². The van der Waals surface area contributed by atoms with Crippen molar-refractivity contribution >= 4 is 170 Å². The Morgan fingerprint density at radius 1 is 0.185 bits per heavy atom. The van der Waals surface area contributed by atoms with Crippen LogP contribution in [0.2, 0.25) is 0 Å². The van der Waals surface area contributed by atoms with E-state index in [1.807, 2.05) is 57.5 Å². The zero-order valence-electron chi connectivity index (χ0n) is 60.9. The summed E-state index contributed by atoms with van der Waals surface area (Å²) in [6, 6.07) is 124. The van der Waals surface area contributed by atoms with E-state index in [-0.39, 0.29) is 0 Å². The summed E-state index contributed by atoms with van der Waals surface area (Å²) in [5.74, 6) is 0. The van der Waals surface area contributed by atoms with Crippen molar-refractivity contribution in [2.45, 2.75) is 41.5 Å². The molecule has 6 heterocycles. The van der Waals surface area contributed by atoms with Crippen molar-refractivity contribution in [3.8, 4) is 44.5 Å². The van der Waals surface area contributed by atoms with Gasteiger partial charge in [0.1, 0.15) is 22.3 Å². The summed E-state index contributed by atoms with van der Waals surface area (Å²) in [6.07, 6.45) is 0. The molecule has 0 aliphatic heterocycles. The highest BCUT2D eigenvalue weighted by molar-refractivity contribution is 7.27. The molecule has 22 rings (SSSR count). The fourth-order valence-corrected chi connectivity index (χ4v) is 19.7. The van der Waals surface area contributed by atoms with Crippen LogP contribution in [0.3, 0.4) is 0 Å². The summed E-state index contributed by atoms with van der Waals surface area (Å²) < 4.78 is 23.4. The number of fused-ring (bicyclic) bond motifs is 18. The van der Waals surface area contributed by atoms with Crippen LogP contribution in [0.5, 0.6) is 0 Å². The van der Waals surface area contributed by atoms with Gasteiger partial charge in [-0.05, 0) is 150 Å². The van der Waals surface area contributed by atoms with Crippen molar-refractivity contribution in [1.29, 1.82) is 0 Å². The van der Waals surface area contributed by atoms with Crippen molar-refractivity contribution in [2.75, 3.05) is 0 Å². The minimum Gasteiger partial charge on any atom is -0.456 e. The van der Waals surface area contributed by atoms with Crippen LogP contribution in [-0.4, -0.2) is 0 Å².